The number of hydrogen-bond donors (Lipinski definition) is 2. The summed E-state index contributed by atoms with van der Waals surface area (Å²) in [5.74, 6) is 1.74. The molecule has 1 fully saturated rings. The molecule has 2 N–H and O–H groups in total. The van der Waals surface area contributed by atoms with Crippen molar-refractivity contribution >= 4 is 34.6 Å². The van der Waals surface area contributed by atoms with Gasteiger partial charge in [-0.2, -0.15) is 0 Å². The lowest BCUT2D eigenvalue weighted by Gasteiger charge is -2.19. The van der Waals surface area contributed by atoms with E-state index in [1.54, 1.807) is 7.11 Å². The van der Waals surface area contributed by atoms with Crippen LogP contribution in [-0.2, 0) is 4.79 Å². The summed E-state index contributed by atoms with van der Waals surface area (Å²) in [4.78, 5) is 13.7. The quantitative estimate of drug-likeness (QED) is 0.694. The summed E-state index contributed by atoms with van der Waals surface area (Å²) in [5.41, 5.74) is 1.74. The molecule has 1 unspecified atom stereocenters. The van der Waals surface area contributed by atoms with E-state index >= 15 is 0 Å². The number of carbonyl (C=O) groups is 1. The van der Waals surface area contributed by atoms with Crippen molar-refractivity contribution in [3.05, 3.63) is 48.5 Å². The molecule has 2 aromatic rings. The van der Waals surface area contributed by atoms with Crippen LogP contribution in [0.1, 0.15) is 19.8 Å². The van der Waals surface area contributed by atoms with Crippen LogP contribution in [0.15, 0.2) is 48.5 Å². The van der Waals surface area contributed by atoms with Gasteiger partial charge in [0.15, 0.2) is 5.11 Å². The number of thiocarbonyl (C=S) groups is 1. The molecule has 1 amide bonds. The molecule has 0 saturated carbocycles. The molecular weight excluding hydrogens is 374 g/mol. The molecular formula is C21H25N3O3S. The lowest BCUT2D eigenvalue weighted by atomic mass is 10.2. The molecule has 0 aliphatic carbocycles. The Kier molecular flexibility index (Phi) is 6.71. The molecule has 1 aliphatic heterocycles. The van der Waals surface area contributed by atoms with Gasteiger partial charge in [-0.1, -0.05) is 6.07 Å². The monoisotopic (exact) mass is 399 g/mol. The maximum absolute atomic E-state index is 11.9. The van der Waals surface area contributed by atoms with Gasteiger partial charge in [0.25, 0.3) is 0 Å². The van der Waals surface area contributed by atoms with Gasteiger partial charge in [-0.25, -0.2) is 0 Å². The van der Waals surface area contributed by atoms with Crippen molar-refractivity contribution in [2.75, 3.05) is 30.5 Å². The molecule has 6 nitrogen and oxygen atoms in total. The highest BCUT2D eigenvalue weighted by molar-refractivity contribution is 7.80. The van der Waals surface area contributed by atoms with Crippen molar-refractivity contribution in [1.82, 2.24) is 5.32 Å². The van der Waals surface area contributed by atoms with E-state index in [0.717, 1.165) is 35.8 Å². The summed E-state index contributed by atoms with van der Waals surface area (Å²) in [5, 5.41) is 6.89. The Morgan fingerprint density at radius 3 is 2.64 bits per heavy atom. The van der Waals surface area contributed by atoms with Gasteiger partial charge in [0, 0.05) is 24.3 Å². The highest BCUT2D eigenvalue weighted by Gasteiger charge is 2.21. The van der Waals surface area contributed by atoms with Crippen LogP contribution in [0.5, 0.6) is 11.5 Å². The molecule has 1 atom stereocenters. The Morgan fingerprint density at radius 1 is 1.21 bits per heavy atom. The summed E-state index contributed by atoms with van der Waals surface area (Å²) in [7, 11) is 1.63. The van der Waals surface area contributed by atoms with Crippen LogP contribution in [0.25, 0.3) is 0 Å². The molecule has 2 aromatic carbocycles. The van der Waals surface area contributed by atoms with E-state index in [-0.39, 0.29) is 11.9 Å². The summed E-state index contributed by atoms with van der Waals surface area (Å²) in [6, 6.07) is 15.2. The van der Waals surface area contributed by atoms with Crippen LogP contribution >= 0.6 is 12.2 Å². The van der Waals surface area contributed by atoms with Crippen molar-refractivity contribution in [2.45, 2.75) is 25.8 Å². The number of hydrogen-bond acceptors (Lipinski definition) is 4. The standard InChI is InChI=1S/C21H25N3O3S/c1-15(14-27-19-10-8-18(26-2)9-11-19)22-21(28)23-16-5-3-6-17(13-16)24-12-4-7-20(24)25/h3,5-6,8-11,13,15H,4,7,12,14H2,1-2H3,(H2,22,23,28). The largest absolute Gasteiger partial charge is 0.497 e. The smallest absolute Gasteiger partial charge is 0.227 e. The second-order valence-corrected chi connectivity index (χ2v) is 7.09. The van der Waals surface area contributed by atoms with Gasteiger partial charge in [-0.3, -0.25) is 4.79 Å². The van der Waals surface area contributed by atoms with E-state index in [0.29, 0.717) is 18.1 Å². The van der Waals surface area contributed by atoms with Crippen molar-refractivity contribution in [1.29, 1.82) is 0 Å². The van der Waals surface area contributed by atoms with Gasteiger partial charge in [0.1, 0.15) is 18.1 Å². The summed E-state index contributed by atoms with van der Waals surface area (Å²) in [6.45, 7) is 3.23. The van der Waals surface area contributed by atoms with Crippen LogP contribution in [0, 0.1) is 0 Å². The minimum atomic E-state index is 0.0189. The lowest BCUT2D eigenvalue weighted by molar-refractivity contribution is -0.117. The lowest BCUT2D eigenvalue weighted by Crippen LogP contribution is -2.39. The maximum atomic E-state index is 11.9. The number of benzene rings is 2. The van der Waals surface area contributed by atoms with Crippen molar-refractivity contribution in [3.8, 4) is 11.5 Å². The number of methoxy groups -OCH3 is 1. The number of ether oxygens (including phenoxy) is 2. The minimum Gasteiger partial charge on any atom is -0.497 e. The molecule has 0 aromatic heterocycles. The van der Waals surface area contributed by atoms with Gasteiger partial charge in [-0.15, -0.1) is 0 Å². The highest BCUT2D eigenvalue weighted by atomic mass is 32.1. The van der Waals surface area contributed by atoms with Crippen LogP contribution < -0.4 is 25.0 Å². The Morgan fingerprint density at radius 2 is 1.96 bits per heavy atom. The normalized spacial score (nSPS) is 14.5. The Bertz CT molecular complexity index is 826. The fourth-order valence-corrected chi connectivity index (χ4v) is 3.32. The Hall–Kier alpha value is -2.80. The fourth-order valence-electron chi connectivity index (χ4n) is 3.00. The van der Waals surface area contributed by atoms with Gasteiger partial charge in [-0.05, 0) is 68.0 Å². The molecule has 0 bridgehead atoms. The molecule has 7 heteroatoms. The molecule has 148 valence electrons. The third-order valence-electron chi connectivity index (χ3n) is 4.43. The van der Waals surface area contributed by atoms with Crippen LogP contribution in [0.2, 0.25) is 0 Å². The molecule has 0 spiro atoms. The van der Waals surface area contributed by atoms with Crippen LogP contribution in [-0.4, -0.2) is 37.3 Å². The zero-order chi connectivity index (χ0) is 19.9. The molecule has 1 aliphatic rings. The number of anilines is 2. The Labute approximate surface area is 170 Å². The van der Waals surface area contributed by atoms with E-state index in [4.69, 9.17) is 21.7 Å². The second-order valence-electron chi connectivity index (χ2n) is 6.69. The molecule has 28 heavy (non-hydrogen) atoms. The number of nitrogens with one attached hydrogen (secondary N) is 2. The fraction of sp³-hybridized carbons (Fsp3) is 0.333. The van der Waals surface area contributed by atoms with Crippen LogP contribution in [0.4, 0.5) is 11.4 Å². The first kappa shape index (κ1) is 19.9. The minimum absolute atomic E-state index is 0.0189. The predicted molar refractivity (Wildman–Crippen MR) is 115 cm³/mol. The number of amides is 1. The van der Waals surface area contributed by atoms with Gasteiger partial charge < -0.3 is 25.0 Å². The van der Waals surface area contributed by atoms with Crippen molar-refractivity contribution in [2.24, 2.45) is 0 Å². The Balaban J connectivity index is 1.48. The predicted octanol–water partition coefficient (Wildman–Crippen LogP) is 3.58. The maximum Gasteiger partial charge on any atom is 0.227 e. The topological polar surface area (TPSA) is 62.8 Å². The van der Waals surface area contributed by atoms with Crippen LogP contribution in [0.3, 0.4) is 0 Å². The summed E-state index contributed by atoms with van der Waals surface area (Å²) >= 11 is 5.40. The summed E-state index contributed by atoms with van der Waals surface area (Å²) < 4.78 is 10.9. The zero-order valence-corrected chi connectivity index (χ0v) is 16.9. The van der Waals surface area contributed by atoms with E-state index in [1.807, 2.05) is 60.4 Å². The first-order valence-corrected chi connectivity index (χ1v) is 9.71. The average Bonchev–Trinajstić information content (AvgIpc) is 3.13. The first-order valence-electron chi connectivity index (χ1n) is 9.30. The number of nitrogens with zero attached hydrogens (tertiary/aromatic N) is 1. The van der Waals surface area contributed by atoms with Crippen molar-refractivity contribution in [3.63, 3.8) is 0 Å². The highest BCUT2D eigenvalue weighted by Crippen LogP contribution is 2.24. The van der Waals surface area contributed by atoms with Gasteiger partial charge >= 0.3 is 0 Å². The molecule has 0 radical (unpaired) electrons. The molecule has 3 rings (SSSR count). The van der Waals surface area contributed by atoms with E-state index in [2.05, 4.69) is 10.6 Å². The SMILES string of the molecule is COc1ccc(OCC(C)NC(=S)Nc2cccc(N3CCCC3=O)c2)cc1. The summed E-state index contributed by atoms with van der Waals surface area (Å²) in [6.07, 6.45) is 1.52. The van der Waals surface area contributed by atoms with Crippen molar-refractivity contribution < 1.29 is 14.3 Å². The van der Waals surface area contributed by atoms with E-state index in [1.165, 1.54) is 0 Å². The van der Waals surface area contributed by atoms with E-state index in [9.17, 15) is 4.79 Å². The third kappa shape index (κ3) is 5.36. The number of carbonyl (C=O) groups excluding carboxylic acids is 1. The second kappa shape index (κ2) is 9.41. The van der Waals surface area contributed by atoms with E-state index < -0.39 is 0 Å². The molecule has 1 heterocycles. The molecule has 1 saturated heterocycles. The first-order chi connectivity index (χ1) is 13.5. The third-order valence-corrected chi connectivity index (χ3v) is 4.65. The number of rotatable bonds is 7. The average molecular weight is 400 g/mol. The van der Waals surface area contributed by atoms with Gasteiger partial charge in [0.2, 0.25) is 5.91 Å². The zero-order valence-electron chi connectivity index (χ0n) is 16.1. The van der Waals surface area contributed by atoms with Gasteiger partial charge in [0.05, 0.1) is 13.2 Å².